The van der Waals surface area contributed by atoms with E-state index in [2.05, 4.69) is 10.2 Å². The van der Waals surface area contributed by atoms with Crippen molar-refractivity contribution in [1.82, 2.24) is 4.90 Å². The van der Waals surface area contributed by atoms with Gasteiger partial charge in [-0.3, -0.25) is 4.79 Å². The van der Waals surface area contributed by atoms with Crippen LogP contribution in [0.25, 0.3) is 0 Å². The Hall–Kier alpha value is -2.64. The number of hydrogen-bond acceptors (Lipinski definition) is 6. The number of carboxylic acid groups (broad SMARTS) is 1. The predicted molar refractivity (Wildman–Crippen MR) is 106 cm³/mol. The van der Waals surface area contributed by atoms with E-state index in [-0.39, 0.29) is 18.6 Å². The van der Waals surface area contributed by atoms with Crippen LogP contribution in [0.2, 0.25) is 0 Å². The van der Waals surface area contributed by atoms with E-state index in [4.69, 9.17) is 14.6 Å². The lowest BCUT2D eigenvalue weighted by Crippen LogP contribution is -2.59. The zero-order valence-electron chi connectivity index (χ0n) is 16.9. The standard InChI is InChI=1S/C20H29N3O5/c1-13-9-14(21-6-5-17(24)25)10-16-18(13)23-8-7-22(11-15(23)12-27-16)19(26)28-20(2,3)4/h9-10,15,21H,5-8,11-12H2,1-4H3,(H,24,25)/t15-/m0/s1. The second-order valence-electron chi connectivity index (χ2n) is 8.29. The molecule has 8 heteroatoms. The molecular formula is C20H29N3O5. The lowest BCUT2D eigenvalue weighted by Gasteiger charge is -2.46. The normalized spacial score (nSPS) is 18.6. The number of carboxylic acids is 1. The minimum Gasteiger partial charge on any atom is -0.489 e. The highest BCUT2D eigenvalue weighted by molar-refractivity contribution is 5.73. The van der Waals surface area contributed by atoms with Crippen LogP contribution >= 0.6 is 0 Å². The molecule has 0 bridgehead atoms. The molecule has 154 valence electrons. The van der Waals surface area contributed by atoms with E-state index in [0.29, 0.717) is 32.8 Å². The molecule has 0 unspecified atom stereocenters. The van der Waals surface area contributed by atoms with Crippen LogP contribution in [0, 0.1) is 6.92 Å². The summed E-state index contributed by atoms with van der Waals surface area (Å²) in [7, 11) is 0. The first-order valence-electron chi connectivity index (χ1n) is 9.62. The Morgan fingerprint density at radius 1 is 1.32 bits per heavy atom. The van der Waals surface area contributed by atoms with Crippen LogP contribution in [0.3, 0.4) is 0 Å². The molecule has 1 amide bonds. The number of amides is 1. The van der Waals surface area contributed by atoms with Crippen molar-refractivity contribution in [2.75, 3.05) is 43.0 Å². The number of nitrogens with one attached hydrogen (secondary N) is 1. The maximum absolute atomic E-state index is 12.4. The number of benzene rings is 1. The molecule has 0 spiro atoms. The van der Waals surface area contributed by atoms with Gasteiger partial charge in [0.15, 0.2) is 0 Å². The summed E-state index contributed by atoms with van der Waals surface area (Å²) in [4.78, 5) is 27.1. The second-order valence-corrected chi connectivity index (χ2v) is 8.29. The minimum absolute atomic E-state index is 0.0612. The molecular weight excluding hydrogens is 362 g/mol. The van der Waals surface area contributed by atoms with Crippen LogP contribution in [0.4, 0.5) is 16.2 Å². The molecule has 1 saturated heterocycles. The summed E-state index contributed by atoms with van der Waals surface area (Å²) in [6.07, 6.45) is -0.223. The molecule has 1 fully saturated rings. The fourth-order valence-electron chi connectivity index (χ4n) is 3.61. The maximum atomic E-state index is 12.4. The van der Waals surface area contributed by atoms with Gasteiger partial charge in [-0.15, -0.1) is 0 Å². The Bertz CT molecular complexity index is 759. The summed E-state index contributed by atoms with van der Waals surface area (Å²) in [5, 5.41) is 11.9. The first-order chi connectivity index (χ1) is 13.1. The van der Waals surface area contributed by atoms with Crippen LogP contribution in [-0.2, 0) is 9.53 Å². The molecule has 2 aliphatic rings. The van der Waals surface area contributed by atoms with E-state index in [9.17, 15) is 9.59 Å². The lowest BCUT2D eigenvalue weighted by molar-refractivity contribution is -0.136. The van der Waals surface area contributed by atoms with E-state index < -0.39 is 11.6 Å². The second kappa shape index (κ2) is 7.77. The summed E-state index contributed by atoms with van der Waals surface area (Å²) in [5.41, 5.74) is 2.45. The molecule has 2 heterocycles. The number of aryl methyl sites for hydroxylation is 1. The van der Waals surface area contributed by atoms with Crippen LogP contribution in [0.1, 0.15) is 32.8 Å². The Labute approximate surface area is 165 Å². The summed E-state index contributed by atoms with van der Waals surface area (Å²) >= 11 is 0. The van der Waals surface area contributed by atoms with Crippen LogP contribution in [-0.4, -0.2) is 66.5 Å². The first-order valence-corrected chi connectivity index (χ1v) is 9.62. The third-order valence-electron chi connectivity index (χ3n) is 4.79. The molecule has 2 N–H and O–H groups in total. The van der Waals surface area contributed by atoms with Crippen LogP contribution in [0.5, 0.6) is 5.75 Å². The molecule has 0 radical (unpaired) electrons. The van der Waals surface area contributed by atoms with E-state index in [1.54, 1.807) is 4.90 Å². The zero-order valence-corrected chi connectivity index (χ0v) is 16.9. The average molecular weight is 391 g/mol. The van der Waals surface area contributed by atoms with Gasteiger partial charge < -0.3 is 29.7 Å². The summed E-state index contributed by atoms with van der Waals surface area (Å²) < 4.78 is 11.5. The summed E-state index contributed by atoms with van der Waals surface area (Å²) in [6.45, 7) is 10.4. The van der Waals surface area contributed by atoms with Crippen molar-refractivity contribution in [2.45, 2.75) is 45.8 Å². The largest absolute Gasteiger partial charge is 0.489 e. The fraction of sp³-hybridized carbons (Fsp3) is 0.600. The Morgan fingerprint density at radius 2 is 2.07 bits per heavy atom. The number of ether oxygens (including phenoxy) is 2. The van der Waals surface area contributed by atoms with Gasteiger partial charge in [0.2, 0.25) is 0 Å². The van der Waals surface area contributed by atoms with E-state index in [1.807, 2.05) is 39.8 Å². The number of piperazine rings is 1. The number of carbonyl (C=O) groups is 2. The van der Waals surface area contributed by atoms with E-state index >= 15 is 0 Å². The Morgan fingerprint density at radius 3 is 2.75 bits per heavy atom. The highest BCUT2D eigenvalue weighted by Gasteiger charge is 2.36. The highest BCUT2D eigenvalue weighted by Crippen LogP contribution is 2.40. The summed E-state index contributed by atoms with van der Waals surface area (Å²) in [6, 6.07) is 4.01. The number of hydrogen-bond donors (Lipinski definition) is 2. The molecule has 3 rings (SSSR count). The van der Waals surface area contributed by atoms with Crippen molar-refractivity contribution in [3.8, 4) is 5.75 Å². The molecule has 2 aliphatic heterocycles. The van der Waals surface area contributed by atoms with Gasteiger partial charge in [-0.05, 0) is 39.3 Å². The Kier molecular flexibility index (Phi) is 5.58. The van der Waals surface area contributed by atoms with Crippen molar-refractivity contribution in [3.05, 3.63) is 17.7 Å². The number of aliphatic carboxylic acids is 1. The number of carbonyl (C=O) groups excluding carboxylic acids is 1. The highest BCUT2D eigenvalue weighted by atomic mass is 16.6. The maximum Gasteiger partial charge on any atom is 0.410 e. The van der Waals surface area contributed by atoms with Crippen LogP contribution in [0.15, 0.2) is 12.1 Å². The monoisotopic (exact) mass is 391 g/mol. The number of rotatable bonds is 4. The number of anilines is 2. The molecule has 1 aromatic carbocycles. The van der Waals surface area contributed by atoms with Gasteiger partial charge in [0.25, 0.3) is 0 Å². The van der Waals surface area contributed by atoms with Crippen molar-refractivity contribution in [3.63, 3.8) is 0 Å². The first kappa shape index (κ1) is 20.1. The smallest absolute Gasteiger partial charge is 0.410 e. The topological polar surface area (TPSA) is 91.3 Å². The fourth-order valence-corrected chi connectivity index (χ4v) is 3.61. The van der Waals surface area contributed by atoms with Gasteiger partial charge in [-0.2, -0.15) is 0 Å². The SMILES string of the molecule is Cc1cc(NCCC(=O)O)cc2c1N1CCN(C(=O)OC(C)(C)C)C[C@H]1CO2. The molecule has 0 aromatic heterocycles. The molecule has 28 heavy (non-hydrogen) atoms. The van der Waals surface area contributed by atoms with Crippen molar-refractivity contribution in [2.24, 2.45) is 0 Å². The number of nitrogens with zero attached hydrogens (tertiary/aromatic N) is 2. The lowest BCUT2D eigenvalue weighted by atomic mass is 10.0. The van der Waals surface area contributed by atoms with Gasteiger partial charge in [-0.25, -0.2) is 4.79 Å². The van der Waals surface area contributed by atoms with E-state index in [0.717, 1.165) is 22.7 Å². The van der Waals surface area contributed by atoms with Gasteiger partial charge in [-0.1, -0.05) is 0 Å². The van der Waals surface area contributed by atoms with Crippen molar-refractivity contribution >= 4 is 23.4 Å². The van der Waals surface area contributed by atoms with Gasteiger partial charge in [0, 0.05) is 37.9 Å². The molecule has 1 aromatic rings. The van der Waals surface area contributed by atoms with Crippen molar-refractivity contribution in [1.29, 1.82) is 0 Å². The van der Waals surface area contributed by atoms with Gasteiger partial charge in [0.05, 0.1) is 18.2 Å². The summed E-state index contributed by atoms with van der Waals surface area (Å²) in [5.74, 6) is -0.0380. The van der Waals surface area contributed by atoms with Crippen molar-refractivity contribution < 1.29 is 24.2 Å². The van der Waals surface area contributed by atoms with E-state index in [1.165, 1.54) is 0 Å². The quantitative estimate of drug-likeness (QED) is 0.815. The van der Waals surface area contributed by atoms with Gasteiger partial charge in [0.1, 0.15) is 18.0 Å². The molecule has 0 saturated carbocycles. The minimum atomic E-state index is -0.830. The van der Waals surface area contributed by atoms with Gasteiger partial charge >= 0.3 is 12.1 Å². The molecule has 1 atom stereocenters. The average Bonchev–Trinajstić information content (AvgIpc) is 2.59. The number of fused-ring (bicyclic) bond motifs is 3. The molecule has 8 nitrogen and oxygen atoms in total. The molecule has 0 aliphatic carbocycles. The Balaban J connectivity index is 1.70. The third-order valence-corrected chi connectivity index (χ3v) is 4.79. The third kappa shape index (κ3) is 4.61. The predicted octanol–water partition coefficient (Wildman–Crippen LogP) is 2.70. The zero-order chi connectivity index (χ0) is 20.5. The van der Waals surface area contributed by atoms with Crippen LogP contribution < -0.4 is 15.0 Å².